The molecule has 0 atom stereocenters. The van der Waals surface area contributed by atoms with Crippen LogP contribution in [0.25, 0.3) is 22.4 Å². The predicted octanol–water partition coefficient (Wildman–Crippen LogP) is 8.19. The molecular weight excluding hydrogens is 498 g/mol. The topological polar surface area (TPSA) is 47.1 Å². The Kier molecular flexibility index (Phi) is 7.05. The van der Waals surface area contributed by atoms with Crippen molar-refractivity contribution < 1.29 is 14.2 Å². The number of aromatic nitrogens is 1. The molecule has 0 saturated heterocycles. The number of hydrogen-bond donors (Lipinski definition) is 0. The van der Waals surface area contributed by atoms with Gasteiger partial charge in [0, 0.05) is 49.0 Å². The molecule has 40 heavy (non-hydrogen) atoms. The van der Waals surface area contributed by atoms with Crippen molar-refractivity contribution in [2.24, 2.45) is 0 Å². The molecule has 0 bridgehead atoms. The third-order valence-corrected chi connectivity index (χ3v) is 6.60. The van der Waals surface area contributed by atoms with Gasteiger partial charge in [-0.3, -0.25) is 4.98 Å². The van der Waals surface area contributed by atoms with Crippen LogP contribution < -0.4 is 19.1 Å². The molecule has 0 spiro atoms. The molecule has 2 heterocycles. The van der Waals surface area contributed by atoms with E-state index in [0.29, 0.717) is 0 Å². The van der Waals surface area contributed by atoms with E-state index in [0.717, 1.165) is 63.5 Å². The Morgan fingerprint density at radius 2 is 1.20 bits per heavy atom. The average molecular weight is 528 g/mol. The van der Waals surface area contributed by atoms with Crippen molar-refractivity contribution in [3.63, 3.8) is 0 Å². The third-order valence-electron chi connectivity index (χ3n) is 6.60. The van der Waals surface area contributed by atoms with Crippen LogP contribution in [0.5, 0.6) is 28.7 Å². The highest BCUT2D eigenvalue weighted by molar-refractivity contribution is 5.72. The number of anilines is 1. The van der Waals surface area contributed by atoms with Crippen molar-refractivity contribution in [3.8, 4) is 51.1 Å². The second-order valence-corrected chi connectivity index (χ2v) is 9.53. The van der Waals surface area contributed by atoms with E-state index in [1.807, 2.05) is 91.1 Å². The number of pyridine rings is 1. The van der Waals surface area contributed by atoms with Crippen molar-refractivity contribution in [1.82, 2.24) is 9.88 Å². The number of nitrogens with zero attached hydrogens (tertiary/aromatic N) is 3. The van der Waals surface area contributed by atoms with Crippen LogP contribution in [0.3, 0.4) is 0 Å². The van der Waals surface area contributed by atoms with Gasteiger partial charge in [0.05, 0.1) is 19.5 Å². The molecule has 1 aliphatic rings. The van der Waals surface area contributed by atoms with Crippen molar-refractivity contribution >= 4 is 5.69 Å². The summed E-state index contributed by atoms with van der Waals surface area (Å²) in [5.41, 5.74) is 5.00. The summed E-state index contributed by atoms with van der Waals surface area (Å²) in [5.74, 6) is 3.76. The van der Waals surface area contributed by atoms with E-state index >= 15 is 0 Å². The van der Waals surface area contributed by atoms with Gasteiger partial charge in [-0.25, -0.2) is 0 Å². The summed E-state index contributed by atoms with van der Waals surface area (Å²) in [7, 11) is 3.70. The van der Waals surface area contributed by atoms with Gasteiger partial charge in [0.15, 0.2) is 0 Å². The van der Waals surface area contributed by atoms with Gasteiger partial charge in [-0.2, -0.15) is 0 Å². The molecule has 6 heteroatoms. The highest BCUT2D eigenvalue weighted by Gasteiger charge is 2.12. The zero-order chi connectivity index (χ0) is 27.3. The Hall–Kier alpha value is -5.23. The van der Waals surface area contributed by atoms with E-state index in [9.17, 15) is 0 Å². The second-order valence-electron chi connectivity index (χ2n) is 9.53. The summed E-state index contributed by atoms with van der Waals surface area (Å²) in [5, 5.41) is 0. The molecule has 0 amide bonds. The zero-order valence-electron chi connectivity index (χ0n) is 22.4. The van der Waals surface area contributed by atoms with Crippen molar-refractivity contribution in [2.45, 2.75) is 0 Å². The van der Waals surface area contributed by atoms with E-state index in [1.54, 1.807) is 7.11 Å². The molecule has 6 nitrogen and oxygen atoms in total. The van der Waals surface area contributed by atoms with E-state index < -0.39 is 0 Å². The molecule has 0 unspecified atom stereocenters. The minimum absolute atomic E-state index is 0.721. The fourth-order valence-corrected chi connectivity index (χ4v) is 4.59. The van der Waals surface area contributed by atoms with Crippen molar-refractivity contribution in [1.29, 1.82) is 0 Å². The maximum Gasteiger partial charge on any atom is 0.131 e. The molecule has 0 fully saturated rings. The summed E-state index contributed by atoms with van der Waals surface area (Å²) in [6, 6.07) is 35.8. The number of benzene rings is 4. The first-order chi connectivity index (χ1) is 19.6. The Morgan fingerprint density at radius 1 is 0.600 bits per heavy atom. The second kappa shape index (κ2) is 11.3. The highest BCUT2D eigenvalue weighted by atomic mass is 16.5. The van der Waals surface area contributed by atoms with Crippen LogP contribution in [-0.2, 0) is 0 Å². The lowest BCUT2D eigenvalue weighted by molar-refractivity contribution is 0.409. The number of ether oxygens (including phenoxy) is 3. The predicted molar refractivity (Wildman–Crippen MR) is 159 cm³/mol. The lowest BCUT2D eigenvalue weighted by Gasteiger charge is -2.19. The van der Waals surface area contributed by atoms with Crippen LogP contribution in [-0.4, -0.2) is 30.7 Å². The zero-order valence-corrected chi connectivity index (χ0v) is 22.4. The van der Waals surface area contributed by atoms with Gasteiger partial charge < -0.3 is 24.0 Å². The number of hydrogen-bond acceptors (Lipinski definition) is 6. The van der Waals surface area contributed by atoms with E-state index in [2.05, 4.69) is 58.5 Å². The molecule has 0 aliphatic carbocycles. The van der Waals surface area contributed by atoms with Gasteiger partial charge in [-0.1, -0.05) is 36.4 Å². The SMILES string of the molecule is COc1cccc(Oc2cccc(-c3ccnc(-c4cccc(Oc5cccc(N6C=CN(C)C6)c5)c4)c3)c2)c1. The van der Waals surface area contributed by atoms with Crippen LogP contribution in [0, 0.1) is 0 Å². The molecule has 0 N–H and O–H groups in total. The first-order valence-corrected chi connectivity index (χ1v) is 13.0. The highest BCUT2D eigenvalue weighted by Crippen LogP contribution is 2.33. The Morgan fingerprint density at radius 3 is 1.93 bits per heavy atom. The third kappa shape index (κ3) is 5.76. The molecule has 0 radical (unpaired) electrons. The van der Waals surface area contributed by atoms with Crippen LogP contribution in [0.4, 0.5) is 5.69 Å². The van der Waals surface area contributed by atoms with Gasteiger partial charge in [0.25, 0.3) is 0 Å². The molecule has 1 aromatic heterocycles. The minimum atomic E-state index is 0.721. The smallest absolute Gasteiger partial charge is 0.131 e. The van der Waals surface area contributed by atoms with E-state index in [1.165, 1.54) is 0 Å². The Balaban J connectivity index is 1.21. The molecular formula is C34H29N3O3. The largest absolute Gasteiger partial charge is 0.497 e. The normalized spacial score (nSPS) is 12.4. The molecule has 1 aliphatic heterocycles. The summed E-state index contributed by atoms with van der Waals surface area (Å²) in [4.78, 5) is 8.95. The van der Waals surface area contributed by atoms with E-state index in [-0.39, 0.29) is 0 Å². The van der Waals surface area contributed by atoms with Crippen LogP contribution in [0.2, 0.25) is 0 Å². The Labute approximate surface area is 234 Å². The number of rotatable bonds is 8. The maximum absolute atomic E-state index is 6.25. The lowest BCUT2D eigenvalue weighted by atomic mass is 10.0. The van der Waals surface area contributed by atoms with Crippen molar-refractivity contribution in [3.05, 3.63) is 128 Å². The van der Waals surface area contributed by atoms with Gasteiger partial charge >= 0.3 is 0 Å². The first kappa shape index (κ1) is 25.1. The summed E-state index contributed by atoms with van der Waals surface area (Å²) < 4.78 is 17.7. The van der Waals surface area contributed by atoms with Crippen LogP contribution in [0.15, 0.2) is 128 Å². The summed E-state index contributed by atoms with van der Waals surface area (Å²) in [6.07, 6.45) is 5.96. The molecule has 6 rings (SSSR count). The lowest BCUT2D eigenvalue weighted by Crippen LogP contribution is -2.21. The monoisotopic (exact) mass is 527 g/mol. The minimum Gasteiger partial charge on any atom is -0.497 e. The van der Waals surface area contributed by atoms with E-state index in [4.69, 9.17) is 14.2 Å². The molecule has 0 saturated carbocycles. The Bertz CT molecular complexity index is 1670. The molecule has 4 aromatic carbocycles. The standard InChI is InChI=1S/C34H29N3O3/c1-36-17-18-37(24-36)28-9-5-13-32(22-28)39-31-12-4-8-27(20-31)34-21-26(15-16-35-34)25-7-3-11-30(19-25)40-33-14-6-10-29(23-33)38-2/h3-23H,24H2,1-2H3. The van der Waals surface area contributed by atoms with Gasteiger partial charge in [-0.05, 0) is 71.8 Å². The molecule has 5 aromatic rings. The average Bonchev–Trinajstić information content (AvgIpc) is 3.44. The van der Waals surface area contributed by atoms with Gasteiger partial charge in [0.2, 0.25) is 0 Å². The fourth-order valence-electron chi connectivity index (χ4n) is 4.59. The van der Waals surface area contributed by atoms with Crippen LogP contribution in [0.1, 0.15) is 0 Å². The van der Waals surface area contributed by atoms with Crippen LogP contribution >= 0.6 is 0 Å². The summed E-state index contributed by atoms with van der Waals surface area (Å²) in [6.45, 7) is 0.816. The quantitative estimate of drug-likeness (QED) is 0.203. The fraction of sp³-hybridized carbons (Fsp3) is 0.0882. The first-order valence-electron chi connectivity index (χ1n) is 13.0. The van der Waals surface area contributed by atoms with Gasteiger partial charge in [-0.15, -0.1) is 0 Å². The molecule has 198 valence electrons. The van der Waals surface area contributed by atoms with Gasteiger partial charge in [0.1, 0.15) is 28.7 Å². The van der Waals surface area contributed by atoms with Crippen molar-refractivity contribution in [2.75, 3.05) is 25.7 Å². The maximum atomic E-state index is 6.25. The summed E-state index contributed by atoms with van der Waals surface area (Å²) >= 11 is 0. The number of methoxy groups -OCH3 is 1.